The maximum absolute atomic E-state index is 12.7. The number of nitrogens with zero attached hydrogens (tertiary/aromatic N) is 4. The van der Waals surface area contributed by atoms with Crippen LogP contribution in [0.1, 0.15) is 35.9 Å². The second-order valence-electron chi connectivity index (χ2n) is 8.16. The predicted octanol–water partition coefficient (Wildman–Crippen LogP) is 3.95. The molecule has 0 radical (unpaired) electrons. The number of carbonyl (C=O) groups is 2. The predicted molar refractivity (Wildman–Crippen MR) is 126 cm³/mol. The van der Waals surface area contributed by atoms with E-state index in [0.29, 0.717) is 28.2 Å². The van der Waals surface area contributed by atoms with Crippen molar-refractivity contribution in [3.8, 4) is 11.3 Å². The molecule has 1 aromatic carbocycles. The van der Waals surface area contributed by atoms with E-state index in [9.17, 15) is 14.7 Å². The maximum Gasteiger partial charge on any atom is 0.335 e. The van der Waals surface area contributed by atoms with Gasteiger partial charge in [0.25, 0.3) is 5.91 Å². The molecule has 5 rings (SSSR count). The van der Waals surface area contributed by atoms with Crippen LogP contribution in [0.5, 0.6) is 0 Å². The summed E-state index contributed by atoms with van der Waals surface area (Å²) in [6.07, 6.45) is 3.64. The molecule has 1 fully saturated rings. The van der Waals surface area contributed by atoms with Crippen LogP contribution >= 0.6 is 11.8 Å². The van der Waals surface area contributed by atoms with Crippen LogP contribution < -0.4 is 0 Å². The van der Waals surface area contributed by atoms with Gasteiger partial charge in [0.15, 0.2) is 11.0 Å². The van der Waals surface area contributed by atoms with Gasteiger partial charge in [-0.3, -0.25) is 10.2 Å². The molecule has 2 aromatic rings. The zero-order chi connectivity index (χ0) is 23.1. The molecule has 33 heavy (non-hydrogen) atoms. The zero-order valence-corrected chi connectivity index (χ0v) is 18.6. The quantitative estimate of drug-likeness (QED) is 0.661. The van der Waals surface area contributed by atoms with Gasteiger partial charge in [-0.2, -0.15) is 10.0 Å². The van der Waals surface area contributed by atoms with Crippen molar-refractivity contribution in [3.05, 3.63) is 53.3 Å². The van der Waals surface area contributed by atoms with E-state index in [0.717, 1.165) is 31.1 Å². The second-order valence-corrected chi connectivity index (χ2v) is 9.09. The number of amides is 1. The number of hydrogen-bond acceptors (Lipinski definition) is 7. The van der Waals surface area contributed by atoms with Gasteiger partial charge in [0, 0.05) is 18.7 Å². The fourth-order valence-corrected chi connectivity index (χ4v) is 4.79. The lowest BCUT2D eigenvalue weighted by molar-refractivity contribution is -0.114. The van der Waals surface area contributed by atoms with Gasteiger partial charge in [0.2, 0.25) is 5.17 Å². The lowest BCUT2D eigenvalue weighted by Gasteiger charge is -2.30. The monoisotopic (exact) mass is 463 g/mol. The summed E-state index contributed by atoms with van der Waals surface area (Å²) in [5.41, 5.74) is 0.834. The average Bonchev–Trinajstić information content (AvgIpc) is 3.45. The zero-order valence-electron chi connectivity index (χ0n) is 17.8. The van der Waals surface area contributed by atoms with E-state index >= 15 is 0 Å². The van der Waals surface area contributed by atoms with Crippen LogP contribution in [-0.2, 0) is 4.79 Å². The molecule has 4 heterocycles. The largest absolute Gasteiger partial charge is 0.478 e. The Balaban J connectivity index is 1.38. The fraction of sp³-hybridized carbons (Fsp3) is 0.261. The summed E-state index contributed by atoms with van der Waals surface area (Å²) in [6.45, 7) is 4.04. The number of aliphatic imine (C=N–C) groups is 1. The van der Waals surface area contributed by atoms with E-state index in [4.69, 9.17) is 9.83 Å². The van der Waals surface area contributed by atoms with E-state index in [1.165, 1.54) is 35.0 Å². The summed E-state index contributed by atoms with van der Waals surface area (Å²) < 4.78 is 5.81. The molecule has 3 aliphatic rings. The molecule has 0 unspecified atom stereocenters. The number of carboxylic acid groups (broad SMARTS) is 1. The van der Waals surface area contributed by atoms with Crippen molar-refractivity contribution in [2.75, 3.05) is 13.1 Å². The Kier molecular flexibility index (Phi) is 5.37. The van der Waals surface area contributed by atoms with E-state index in [1.807, 2.05) is 0 Å². The number of fused-ring (bicyclic) bond motifs is 1. The van der Waals surface area contributed by atoms with Crippen LogP contribution in [-0.4, -0.2) is 56.2 Å². The smallest absolute Gasteiger partial charge is 0.335 e. The molecule has 1 aromatic heterocycles. The Hall–Kier alpha value is -3.66. The Bertz CT molecular complexity index is 1250. The van der Waals surface area contributed by atoms with Crippen molar-refractivity contribution in [2.24, 2.45) is 16.0 Å². The number of hydrogen-bond donors (Lipinski definition) is 2. The topological polar surface area (TPSA) is 123 Å². The van der Waals surface area contributed by atoms with E-state index in [2.05, 4.69) is 21.9 Å². The first-order valence-electron chi connectivity index (χ1n) is 10.6. The molecular formula is C23H21N5O4S. The number of benzene rings is 1. The normalized spacial score (nSPS) is 20.2. The Labute approximate surface area is 194 Å². The van der Waals surface area contributed by atoms with Crippen LogP contribution in [0.3, 0.4) is 0 Å². The molecule has 1 saturated heterocycles. The number of rotatable bonds is 3. The molecular weight excluding hydrogens is 442 g/mol. The second kappa shape index (κ2) is 8.36. The minimum atomic E-state index is -1.02. The third-order valence-electron chi connectivity index (χ3n) is 5.81. The van der Waals surface area contributed by atoms with Crippen LogP contribution in [0.4, 0.5) is 0 Å². The van der Waals surface area contributed by atoms with Crippen molar-refractivity contribution in [1.82, 2.24) is 9.91 Å². The molecule has 0 saturated carbocycles. The van der Waals surface area contributed by atoms with Gasteiger partial charge >= 0.3 is 5.97 Å². The summed E-state index contributed by atoms with van der Waals surface area (Å²) >= 11 is 1.31. The Morgan fingerprint density at radius 3 is 2.79 bits per heavy atom. The number of hydrazone groups is 1. The SMILES string of the molecule is CC1CCN(C2=NN3C(=N)/C(=C/c4ccc(-c5cccc(C(=O)O)c5)o4)C(=O)N=C3S2)CC1. The van der Waals surface area contributed by atoms with Gasteiger partial charge in [0.1, 0.15) is 11.5 Å². The van der Waals surface area contributed by atoms with Crippen LogP contribution in [0.2, 0.25) is 0 Å². The standard InChI is InChI=1S/C23H21N5O4S/c1-13-7-9-27(10-8-13)23-26-28-19(24)17(20(29)25-22(28)33-23)12-16-5-6-18(32-16)14-3-2-4-15(11-14)21(30)31/h2-6,11-13,24H,7-10H2,1H3,(H,30,31)/b17-12-,24-19?. The average molecular weight is 464 g/mol. The molecule has 0 bridgehead atoms. The van der Waals surface area contributed by atoms with Crippen molar-refractivity contribution in [2.45, 2.75) is 19.8 Å². The van der Waals surface area contributed by atoms with Gasteiger partial charge in [-0.25, -0.2) is 4.79 Å². The first kappa shape index (κ1) is 21.2. The van der Waals surface area contributed by atoms with E-state index < -0.39 is 11.9 Å². The number of piperidine rings is 1. The highest BCUT2D eigenvalue weighted by Gasteiger charge is 2.38. The highest BCUT2D eigenvalue weighted by atomic mass is 32.2. The Morgan fingerprint density at radius 2 is 2.03 bits per heavy atom. The van der Waals surface area contributed by atoms with Crippen LogP contribution in [0.25, 0.3) is 17.4 Å². The van der Waals surface area contributed by atoms with Gasteiger partial charge in [-0.15, -0.1) is 5.10 Å². The number of aromatic carboxylic acids is 1. The maximum atomic E-state index is 12.7. The van der Waals surface area contributed by atoms with E-state index in [1.54, 1.807) is 24.3 Å². The number of carboxylic acids is 1. The number of carbonyl (C=O) groups excluding carboxylic acids is 1. The molecule has 168 valence electrons. The van der Waals surface area contributed by atoms with Crippen LogP contribution in [0.15, 0.2) is 56.5 Å². The van der Waals surface area contributed by atoms with Crippen LogP contribution in [0, 0.1) is 11.3 Å². The fourth-order valence-electron chi connectivity index (χ4n) is 3.84. The summed E-state index contributed by atoms with van der Waals surface area (Å²) in [5.74, 6) is -0.0913. The minimum Gasteiger partial charge on any atom is -0.478 e. The highest BCUT2D eigenvalue weighted by molar-refractivity contribution is 8.26. The molecule has 1 amide bonds. The van der Waals surface area contributed by atoms with Crippen molar-refractivity contribution in [3.63, 3.8) is 0 Å². The lowest BCUT2D eigenvalue weighted by atomic mass is 10.00. The number of furan rings is 1. The first-order chi connectivity index (χ1) is 15.9. The van der Waals surface area contributed by atoms with Crippen molar-refractivity contribution < 1.29 is 19.1 Å². The lowest BCUT2D eigenvalue weighted by Crippen LogP contribution is -2.36. The number of amidine groups is 3. The Morgan fingerprint density at radius 1 is 1.24 bits per heavy atom. The van der Waals surface area contributed by atoms with Crippen molar-refractivity contribution in [1.29, 1.82) is 5.41 Å². The summed E-state index contributed by atoms with van der Waals surface area (Å²) in [4.78, 5) is 30.2. The molecule has 0 aliphatic carbocycles. The van der Waals surface area contributed by atoms with Gasteiger partial charge in [-0.1, -0.05) is 19.1 Å². The molecule has 0 atom stereocenters. The molecule has 0 spiro atoms. The van der Waals surface area contributed by atoms with Crippen molar-refractivity contribution >= 4 is 45.9 Å². The molecule has 2 N–H and O–H groups in total. The van der Waals surface area contributed by atoms with E-state index in [-0.39, 0.29) is 17.0 Å². The summed E-state index contributed by atoms with van der Waals surface area (Å²) in [7, 11) is 0. The molecule has 3 aliphatic heterocycles. The summed E-state index contributed by atoms with van der Waals surface area (Å²) in [6, 6.07) is 9.76. The molecule has 9 nitrogen and oxygen atoms in total. The number of likely N-dealkylation sites (tertiary alicyclic amines) is 1. The third-order valence-corrected chi connectivity index (χ3v) is 6.77. The number of thioether (sulfide) groups is 1. The summed E-state index contributed by atoms with van der Waals surface area (Å²) in [5, 5.41) is 24.8. The third kappa shape index (κ3) is 4.09. The molecule has 10 heteroatoms. The minimum absolute atomic E-state index is 0.0521. The number of nitrogens with one attached hydrogen (secondary N) is 1. The van der Waals surface area contributed by atoms with Gasteiger partial charge < -0.3 is 14.4 Å². The first-order valence-corrected chi connectivity index (χ1v) is 11.4. The van der Waals surface area contributed by atoms with Gasteiger partial charge in [-0.05, 0) is 60.9 Å². The highest BCUT2D eigenvalue weighted by Crippen LogP contribution is 2.32. The van der Waals surface area contributed by atoms with Gasteiger partial charge in [0.05, 0.1) is 11.1 Å².